The maximum Gasteiger partial charge on any atom is 0.469 e. The van der Waals surface area contributed by atoms with Gasteiger partial charge in [-0.2, -0.15) is 0 Å². The number of primary amides is 1. The van der Waals surface area contributed by atoms with E-state index in [0.29, 0.717) is 12.8 Å². The van der Waals surface area contributed by atoms with Crippen molar-refractivity contribution in [3.63, 3.8) is 0 Å². The third kappa shape index (κ3) is 5.52. The van der Waals surface area contributed by atoms with Gasteiger partial charge in [0, 0.05) is 0 Å². The Hall–Kier alpha value is -1.32. The fraction of sp³-hybridized carbons (Fsp3) is 0.700. The first kappa shape index (κ1) is 17.7. The Morgan fingerprint density at radius 1 is 1.57 bits per heavy atom. The number of nitrogens with two attached hydrogens (primary N) is 1. The van der Waals surface area contributed by atoms with Crippen LogP contribution < -0.4 is 5.73 Å². The first-order valence-electron chi connectivity index (χ1n) is 6.41. The molecule has 1 aromatic heterocycles. The van der Waals surface area contributed by atoms with E-state index >= 15 is 0 Å². The Morgan fingerprint density at radius 2 is 2.24 bits per heavy atom. The minimum absolute atomic E-state index is 0.112. The Kier molecular flexibility index (Phi) is 6.43. The van der Waals surface area contributed by atoms with Crippen LogP contribution in [0.5, 0.6) is 0 Å². The van der Waals surface area contributed by atoms with E-state index in [-0.39, 0.29) is 12.4 Å². The number of phosphoric ester groups is 1. The topological polar surface area (TPSA) is 150 Å². The fourth-order valence-corrected chi connectivity index (χ4v) is 2.07. The maximum absolute atomic E-state index is 10.8. The number of carbonyl (C=O) groups excluding carboxylic acids is 1. The largest absolute Gasteiger partial charge is 0.469 e. The molecule has 1 aliphatic heterocycles. The third-order valence-corrected chi connectivity index (χ3v) is 3.02. The minimum atomic E-state index is -4.49. The van der Waals surface area contributed by atoms with E-state index in [9.17, 15) is 9.36 Å². The van der Waals surface area contributed by atoms with Gasteiger partial charge in [0.2, 0.25) is 5.82 Å². The molecule has 4 N–H and O–H groups in total. The number of aromatic nitrogens is 3. The van der Waals surface area contributed by atoms with Gasteiger partial charge in [-0.05, 0) is 12.8 Å². The molecular weight excluding hydrogens is 303 g/mol. The number of carbonyl (C=O) groups is 1. The molecule has 2 heterocycles. The second-order valence-electron chi connectivity index (χ2n) is 3.99. The van der Waals surface area contributed by atoms with Crippen LogP contribution >= 0.6 is 7.82 Å². The van der Waals surface area contributed by atoms with Crippen LogP contribution in [0.2, 0.25) is 0 Å². The Bertz CT molecular complexity index is 515. The van der Waals surface area contributed by atoms with E-state index in [0.717, 1.165) is 0 Å². The number of nitrogens with zero attached hydrogens (tertiary/aromatic N) is 3. The molecule has 0 aromatic carbocycles. The normalized spacial score (nSPS) is 21.7. The summed E-state index contributed by atoms with van der Waals surface area (Å²) >= 11 is 0. The van der Waals surface area contributed by atoms with Gasteiger partial charge in [-0.1, -0.05) is 13.8 Å². The summed E-state index contributed by atoms with van der Waals surface area (Å²) in [5, 5.41) is 3.85. The second-order valence-corrected chi connectivity index (χ2v) is 5.23. The van der Waals surface area contributed by atoms with Gasteiger partial charge in [0.05, 0.1) is 12.7 Å². The fourth-order valence-electron chi connectivity index (χ4n) is 1.71. The van der Waals surface area contributed by atoms with Crippen molar-refractivity contribution in [2.75, 3.05) is 6.61 Å². The van der Waals surface area contributed by atoms with E-state index in [1.165, 1.54) is 11.0 Å². The molecular formula is C10H19N4O6P. The zero-order valence-electron chi connectivity index (χ0n) is 11.7. The maximum atomic E-state index is 10.8. The van der Waals surface area contributed by atoms with Crippen molar-refractivity contribution in [1.82, 2.24) is 14.8 Å². The van der Waals surface area contributed by atoms with Gasteiger partial charge < -0.3 is 20.3 Å². The van der Waals surface area contributed by atoms with Crippen LogP contribution in [0.4, 0.5) is 0 Å². The molecule has 21 heavy (non-hydrogen) atoms. The van der Waals surface area contributed by atoms with Crippen molar-refractivity contribution in [3.05, 3.63) is 12.2 Å². The quantitative estimate of drug-likeness (QED) is 0.650. The summed E-state index contributed by atoms with van der Waals surface area (Å²) < 4.78 is 21.7. The minimum Gasteiger partial charge on any atom is -0.363 e. The average molecular weight is 322 g/mol. The number of hydrogen-bond donors (Lipinski definition) is 3. The van der Waals surface area contributed by atoms with Crippen LogP contribution in [-0.2, 0) is 13.8 Å². The van der Waals surface area contributed by atoms with E-state index in [2.05, 4.69) is 14.6 Å². The number of ether oxygens (including phenoxy) is 1. The van der Waals surface area contributed by atoms with Crippen molar-refractivity contribution in [1.29, 1.82) is 0 Å². The molecule has 1 saturated heterocycles. The number of hydrogen-bond acceptors (Lipinski definition) is 6. The van der Waals surface area contributed by atoms with E-state index in [1.54, 1.807) is 0 Å². The molecule has 2 atom stereocenters. The molecule has 0 aliphatic carbocycles. The van der Waals surface area contributed by atoms with Crippen LogP contribution in [0.1, 0.15) is 43.5 Å². The van der Waals surface area contributed by atoms with Crippen molar-refractivity contribution in [3.8, 4) is 0 Å². The van der Waals surface area contributed by atoms with Crippen molar-refractivity contribution < 1.29 is 28.4 Å². The van der Waals surface area contributed by atoms with Gasteiger partial charge in [0.15, 0.2) is 6.23 Å². The highest BCUT2D eigenvalue weighted by molar-refractivity contribution is 7.46. The molecule has 2 unspecified atom stereocenters. The highest BCUT2D eigenvalue weighted by Crippen LogP contribution is 2.37. The predicted octanol–water partition coefficient (Wildman–Crippen LogP) is 0.190. The van der Waals surface area contributed by atoms with E-state index in [4.69, 9.17) is 20.3 Å². The zero-order chi connectivity index (χ0) is 16.0. The summed E-state index contributed by atoms with van der Waals surface area (Å²) in [4.78, 5) is 31.7. The highest BCUT2D eigenvalue weighted by Gasteiger charge is 2.29. The van der Waals surface area contributed by atoms with Gasteiger partial charge in [0.1, 0.15) is 6.33 Å². The van der Waals surface area contributed by atoms with Crippen LogP contribution in [0.15, 0.2) is 6.33 Å². The number of amides is 1. The second kappa shape index (κ2) is 7.62. The van der Waals surface area contributed by atoms with Gasteiger partial charge >= 0.3 is 7.82 Å². The molecule has 2 rings (SSSR count). The summed E-state index contributed by atoms with van der Waals surface area (Å²) in [6.07, 6.45) is 1.54. The van der Waals surface area contributed by atoms with Crippen LogP contribution in [0.3, 0.4) is 0 Å². The van der Waals surface area contributed by atoms with E-state index < -0.39 is 26.1 Å². The summed E-state index contributed by atoms with van der Waals surface area (Å²) in [6.45, 7) is 3.79. The molecule has 0 saturated carbocycles. The summed E-state index contributed by atoms with van der Waals surface area (Å²) in [5.74, 6) is -0.850. The van der Waals surface area contributed by atoms with Gasteiger partial charge in [-0.15, -0.1) is 5.10 Å². The Labute approximate surface area is 121 Å². The SMILES string of the molecule is CC.NC(=O)c1ncn(C2CCC(COP(=O)(O)O)O2)n1. The molecule has 1 amide bonds. The molecule has 1 fully saturated rings. The molecule has 10 nitrogen and oxygen atoms in total. The molecule has 1 aromatic rings. The number of phosphoric acid groups is 1. The monoisotopic (exact) mass is 322 g/mol. The lowest BCUT2D eigenvalue weighted by atomic mass is 10.2. The lowest BCUT2D eigenvalue weighted by molar-refractivity contribution is -0.0280. The lowest BCUT2D eigenvalue weighted by Crippen LogP contribution is -2.17. The molecule has 0 radical (unpaired) electrons. The Morgan fingerprint density at radius 3 is 2.76 bits per heavy atom. The summed E-state index contributed by atoms with van der Waals surface area (Å²) in [7, 11) is -4.49. The molecule has 11 heteroatoms. The van der Waals surface area contributed by atoms with Crippen molar-refractivity contribution in [2.24, 2.45) is 5.73 Å². The predicted molar refractivity (Wildman–Crippen MR) is 71.0 cm³/mol. The smallest absolute Gasteiger partial charge is 0.363 e. The van der Waals surface area contributed by atoms with Crippen LogP contribution in [0.25, 0.3) is 0 Å². The standard InChI is InChI=1S/C8H13N4O6P.C2H6/c9-7(13)8-10-4-12(11-8)6-2-1-5(18-6)3-17-19(14,15)16;1-2/h4-6H,1-3H2,(H2,9,13)(H2,14,15,16);1-2H3. The molecule has 0 bridgehead atoms. The van der Waals surface area contributed by atoms with Crippen LogP contribution in [0, 0.1) is 0 Å². The average Bonchev–Trinajstić information content (AvgIpc) is 3.07. The van der Waals surface area contributed by atoms with Gasteiger partial charge in [-0.25, -0.2) is 14.2 Å². The first-order chi connectivity index (χ1) is 9.85. The van der Waals surface area contributed by atoms with E-state index in [1.807, 2.05) is 13.8 Å². The number of rotatable bonds is 5. The van der Waals surface area contributed by atoms with Crippen molar-refractivity contribution in [2.45, 2.75) is 39.0 Å². The summed E-state index contributed by atoms with van der Waals surface area (Å²) in [5.41, 5.74) is 5.02. The summed E-state index contributed by atoms with van der Waals surface area (Å²) in [6, 6.07) is 0. The Balaban J connectivity index is 0.00000106. The van der Waals surface area contributed by atoms with Gasteiger partial charge in [0.25, 0.3) is 5.91 Å². The highest BCUT2D eigenvalue weighted by atomic mass is 31.2. The molecule has 1 aliphatic rings. The van der Waals surface area contributed by atoms with Gasteiger partial charge in [-0.3, -0.25) is 9.32 Å². The first-order valence-corrected chi connectivity index (χ1v) is 7.94. The zero-order valence-corrected chi connectivity index (χ0v) is 12.6. The third-order valence-electron chi connectivity index (χ3n) is 2.54. The molecule has 120 valence electrons. The van der Waals surface area contributed by atoms with Crippen LogP contribution in [-0.4, -0.2) is 43.2 Å². The lowest BCUT2D eigenvalue weighted by Gasteiger charge is -2.13. The van der Waals surface area contributed by atoms with Crippen molar-refractivity contribution >= 4 is 13.7 Å². The molecule has 0 spiro atoms.